The number of alkyl halides is 3. The highest BCUT2D eigenvalue weighted by Crippen LogP contribution is 2.37. The molecule has 0 amide bonds. The van der Waals surface area contributed by atoms with Crippen LogP contribution in [-0.4, -0.2) is 23.3 Å². The molecule has 90 valence electrons. The quantitative estimate of drug-likeness (QED) is 0.768. The van der Waals surface area contributed by atoms with Gasteiger partial charge in [-0.05, 0) is 11.8 Å². The first kappa shape index (κ1) is 11.6. The van der Waals surface area contributed by atoms with Gasteiger partial charge < -0.3 is 4.90 Å². The summed E-state index contributed by atoms with van der Waals surface area (Å²) in [5, 5.41) is 6.29. The van der Waals surface area contributed by atoms with Gasteiger partial charge in [-0.1, -0.05) is 25.2 Å². The molecule has 0 N–H and O–H groups in total. The minimum Gasteiger partial charge on any atom is -0.346 e. The fourth-order valence-corrected chi connectivity index (χ4v) is 2.47. The first-order valence-corrected chi connectivity index (χ1v) is 5.75. The van der Waals surface area contributed by atoms with Gasteiger partial charge >= 0.3 is 6.18 Å². The van der Waals surface area contributed by atoms with Crippen LogP contribution in [0.4, 0.5) is 18.3 Å². The van der Waals surface area contributed by atoms with Crippen molar-refractivity contribution in [3.63, 3.8) is 0 Å². The first-order valence-electron chi connectivity index (χ1n) is 4.94. The second-order valence-corrected chi connectivity index (χ2v) is 5.68. The third-order valence-electron chi connectivity index (χ3n) is 2.60. The summed E-state index contributed by atoms with van der Waals surface area (Å²) in [4.78, 5) is 1.87. The number of rotatable bonds is 1. The SMILES string of the molecule is CC1(C)CCN(c2nnc(C(F)(F)F)s2)C1. The van der Waals surface area contributed by atoms with E-state index in [0.717, 1.165) is 19.5 Å². The lowest BCUT2D eigenvalue weighted by Crippen LogP contribution is -2.22. The zero-order valence-corrected chi connectivity index (χ0v) is 9.82. The summed E-state index contributed by atoms with van der Waals surface area (Å²) in [6.07, 6.45) is -3.42. The molecule has 0 saturated carbocycles. The molecule has 1 aliphatic rings. The van der Waals surface area contributed by atoms with Crippen LogP contribution in [0.5, 0.6) is 0 Å². The maximum Gasteiger partial charge on any atom is 0.445 e. The second kappa shape index (κ2) is 3.58. The van der Waals surface area contributed by atoms with E-state index in [-0.39, 0.29) is 5.41 Å². The third kappa shape index (κ3) is 2.28. The van der Waals surface area contributed by atoms with Crippen LogP contribution in [0.3, 0.4) is 0 Å². The lowest BCUT2D eigenvalue weighted by molar-refractivity contribution is -0.138. The van der Waals surface area contributed by atoms with Crippen molar-refractivity contribution in [1.29, 1.82) is 0 Å². The molecular weight excluding hydrogens is 239 g/mol. The Morgan fingerprint density at radius 2 is 2.00 bits per heavy atom. The van der Waals surface area contributed by atoms with Crippen molar-refractivity contribution in [3.05, 3.63) is 5.01 Å². The Bertz CT molecular complexity index is 386. The molecule has 0 radical (unpaired) electrons. The van der Waals surface area contributed by atoms with Crippen LogP contribution in [0.1, 0.15) is 25.3 Å². The fourth-order valence-electron chi connectivity index (χ4n) is 1.73. The molecule has 1 saturated heterocycles. The Morgan fingerprint density at radius 1 is 1.31 bits per heavy atom. The van der Waals surface area contributed by atoms with E-state index in [4.69, 9.17) is 0 Å². The molecule has 7 heteroatoms. The van der Waals surface area contributed by atoms with Gasteiger partial charge in [-0.25, -0.2) is 0 Å². The van der Waals surface area contributed by atoms with Gasteiger partial charge in [0.2, 0.25) is 10.1 Å². The molecule has 0 unspecified atom stereocenters. The molecule has 1 aromatic rings. The smallest absolute Gasteiger partial charge is 0.346 e. The molecule has 0 spiro atoms. The highest BCUT2D eigenvalue weighted by molar-refractivity contribution is 7.15. The molecule has 1 aliphatic heterocycles. The van der Waals surface area contributed by atoms with Crippen molar-refractivity contribution in [2.45, 2.75) is 26.4 Å². The summed E-state index contributed by atoms with van der Waals surface area (Å²) in [6.45, 7) is 5.68. The molecule has 0 aliphatic carbocycles. The summed E-state index contributed by atoms with van der Waals surface area (Å²) in [6, 6.07) is 0. The van der Waals surface area contributed by atoms with Gasteiger partial charge in [0.05, 0.1) is 0 Å². The van der Waals surface area contributed by atoms with E-state index in [1.54, 1.807) is 0 Å². The maximum atomic E-state index is 12.3. The number of halogens is 3. The van der Waals surface area contributed by atoms with E-state index < -0.39 is 11.2 Å². The average Bonchev–Trinajstić information content (AvgIpc) is 2.68. The van der Waals surface area contributed by atoms with E-state index in [2.05, 4.69) is 24.0 Å². The summed E-state index contributed by atoms with van der Waals surface area (Å²) in [5.41, 5.74) is 0.143. The maximum absolute atomic E-state index is 12.3. The van der Waals surface area contributed by atoms with Crippen molar-refractivity contribution >= 4 is 16.5 Å². The summed E-state index contributed by atoms with van der Waals surface area (Å²) >= 11 is 0.617. The largest absolute Gasteiger partial charge is 0.445 e. The molecule has 2 heterocycles. The highest BCUT2D eigenvalue weighted by Gasteiger charge is 2.37. The molecule has 0 bridgehead atoms. The molecule has 0 atom stereocenters. The van der Waals surface area contributed by atoms with Crippen molar-refractivity contribution in [2.24, 2.45) is 5.41 Å². The Kier molecular flexibility index (Phi) is 2.60. The normalized spacial score (nSPS) is 20.4. The molecule has 3 nitrogen and oxygen atoms in total. The Morgan fingerprint density at radius 3 is 2.44 bits per heavy atom. The van der Waals surface area contributed by atoms with Gasteiger partial charge in [-0.2, -0.15) is 13.2 Å². The van der Waals surface area contributed by atoms with E-state index in [1.807, 2.05) is 4.90 Å². The van der Waals surface area contributed by atoms with Crippen LogP contribution in [0.15, 0.2) is 0 Å². The monoisotopic (exact) mass is 251 g/mol. The third-order valence-corrected chi connectivity index (χ3v) is 3.63. The summed E-state index contributed by atoms with van der Waals surface area (Å²) in [5.74, 6) is 0. The second-order valence-electron chi connectivity index (χ2n) is 4.72. The highest BCUT2D eigenvalue weighted by atomic mass is 32.1. The Labute approximate surface area is 95.3 Å². The lowest BCUT2D eigenvalue weighted by atomic mass is 9.93. The van der Waals surface area contributed by atoms with E-state index >= 15 is 0 Å². The van der Waals surface area contributed by atoms with Gasteiger partial charge in [0.25, 0.3) is 0 Å². The first-order chi connectivity index (χ1) is 7.28. The average molecular weight is 251 g/mol. The summed E-state index contributed by atoms with van der Waals surface area (Å²) in [7, 11) is 0. The predicted molar refractivity (Wildman–Crippen MR) is 55.5 cm³/mol. The van der Waals surface area contributed by atoms with Gasteiger partial charge in [-0.3, -0.25) is 0 Å². The predicted octanol–water partition coefficient (Wildman–Crippen LogP) is 2.79. The number of aromatic nitrogens is 2. The van der Waals surface area contributed by atoms with E-state index in [1.165, 1.54) is 0 Å². The van der Waals surface area contributed by atoms with Crippen molar-refractivity contribution in [1.82, 2.24) is 10.2 Å². The Hall–Kier alpha value is -0.850. The van der Waals surface area contributed by atoms with Crippen LogP contribution >= 0.6 is 11.3 Å². The van der Waals surface area contributed by atoms with Gasteiger partial charge in [0.15, 0.2) is 0 Å². The van der Waals surface area contributed by atoms with Crippen LogP contribution in [0, 0.1) is 5.41 Å². The Balaban J connectivity index is 2.15. The lowest BCUT2D eigenvalue weighted by Gasteiger charge is -2.18. The van der Waals surface area contributed by atoms with Crippen LogP contribution in [0.25, 0.3) is 0 Å². The number of anilines is 1. The minimum absolute atomic E-state index is 0.143. The fraction of sp³-hybridized carbons (Fsp3) is 0.778. The van der Waals surface area contributed by atoms with E-state index in [0.29, 0.717) is 16.5 Å². The molecule has 1 aromatic heterocycles. The zero-order chi connectivity index (χ0) is 12.0. The summed E-state index contributed by atoms with van der Waals surface area (Å²) < 4.78 is 37.0. The van der Waals surface area contributed by atoms with Crippen LogP contribution < -0.4 is 4.90 Å². The van der Waals surface area contributed by atoms with Crippen LogP contribution in [-0.2, 0) is 6.18 Å². The zero-order valence-electron chi connectivity index (χ0n) is 9.01. The van der Waals surface area contributed by atoms with Gasteiger partial charge in [-0.15, -0.1) is 10.2 Å². The van der Waals surface area contributed by atoms with Crippen molar-refractivity contribution in [2.75, 3.05) is 18.0 Å². The standard InChI is InChI=1S/C9H12F3N3S/c1-8(2)3-4-15(5-8)7-14-13-6(16-7)9(10,11)12/h3-5H2,1-2H3. The molecule has 2 rings (SSSR count). The van der Waals surface area contributed by atoms with E-state index in [9.17, 15) is 13.2 Å². The number of nitrogens with zero attached hydrogens (tertiary/aromatic N) is 3. The number of hydrogen-bond acceptors (Lipinski definition) is 4. The number of hydrogen-bond donors (Lipinski definition) is 0. The minimum atomic E-state index is -4.38. The molecular formula is C9H12F3N3S. The van der Waals surface area contributed by atoms with Crippen molar-refractivity contribution < 1.29 is 13.2 Å². The van der Waals surface area contributed by atoms with Gasteiger partial charge in [0, 0.05) is 13.1 Å². The van der Waals surface area contributed by atoms with Crippen LogP contribution in [0.2, 0.25) is 0 Å². The topological polar surface area (TPSA) is 29.0 Å². The molecule has 16 heavy (non-hydrogen) atoms. The molecule has 0 aromatic carbocycles. The molecule has 1 fully saturated rings. The van der Waals surface area contributed by atoms with Gasteiger partial charge in [0.1, 0.15) is 0 Å². The van der Waals surface area contributed by atoms with Crippen molar-refractivity contribution in [3.8, 4) is 0 Å².